The Morgan fingerprint density at radius 1 is 1.00 bits per heavy atom. The minimum atomic E-state index is -3.79. The van der Waals surface area contributed by atoms with E-state index in [1.54, 1.807) is 26.0 Å². The van der Waals surface area contributed by atoms with E-state index >= 15 is 0 Å². The molecule has 3 aromatic rings. The van der Waals surface area contributed by atoms with Gasteiger partial charge in [0.05, 0.1) is 10.6 Å². The molecule has 0 aliphatic carbocycles. The van der Waals surface area contributed by atoms with Gasteiger partial charge >= 0.3 is 0 Å². The zero-order chi connectivity index (χ0) is 21.2. The van der Waals surface area contributed by atoms with E-state index in [1.165, 1.54) is 17.7 Å². The van der Waals surface area contributed by atoms with Crippen molar-refractivity contribution in [2.24, 2.45) is 0 Å². The van der Waals surface area contributed by atoms with Gasteiger partial charge in [0.15, 0.2) is 5.11 Å². The van der Waals surface area contributed by atoms with Crippen molar-refractivity contribution in [2.45, 2.75) is 32.6 Å². The first kappa shape index (κ1) is 20.8. The summed E-state index contributed by atoms with van der Waals surface area (Å²) in [6, 6.07) is 12.3. The predicted molar refractivity (Wildman–Crippen MR) is 119 cm³/mol. The summed E-state index contributed by atoms with van der Waals surface area (Å²) in [5, 5.41) is 10.4. The molecule has 29 heavy (non-hydrogen) atoms. The van der Waals surface area contributed by atoms with E-state index in [2.05, 4.69) is 26.6 Å². The van der Waals surface area contributed by atoms with Crippen LogP contribution in [-0.4, -0.2) is 18.7 Å². The fourth-order valence-electron chi connectivity index (χ4n) is 2.65. The molecule has 0 atom stereocenters. The van der Waals surface area contributed by atoms with E-state index < -0.39 is 10.0 Å². The Kier molecular flexibility index (Phi) is 5.90. The lowest BCUT2D eigenvalue weighted by Crippen LogP contribution is -2.19. The van der Waals surface area contributed by atoms with Crippen LogP contribution < -0.4 is 15.4 Å². The Bertz CT molecular complexity index is 1150. The van der Waals surface area contributed by atoms with Crippen LogP contribution >= 0.6 is 12.2 Å². The van der Waals surface area contributed by atoms with E-state index in [1.807, 2.05) is 26.0 Å². The molecule has 0 amide bonds. The quantitative estimate of drug-likeness (QED) is 0.512. The summed E-state index contributed by atoms with van der Waals surface area (Å²) in [6.45, 7) is 7.51. The lowest BCUT2D eigenvalue weighted by atomic mass is 10.1. The number of nitrogens with one attached hydrogen (secondary N) is 3. The molecule has 3 N–H and O–H groups in total. The van der Waals surface area contributed by atoms with E-state index in [4.69, 9.17) is 16.7 Å². The van der Waals surface area contributed by atoms with Crippen LogP contribution in [0.1, 0.15) is 22.4 Å². The zero-order valence-electron chi connectivity index (χ0n) is 16.5. The van der Waals surface area contributed by atoms with Crippen molar-refractivity contribution in [3.05, 3.63) is 64.8 Å². The second-order valence-corrected chi connectivity index (χ2v) is 8.84. The predicted octanol–water partition coefficient (Wildman–Crippen LogP) is 4.52. The number of benzene rings is 2. The Morgan fingerprint density at radius 2 is 1.69 bits per heavy atom. The molecule has 7 nitrogen and oxygen atoms in total. The van der Waals surface area contributed by atoms with E-state index in [0.29, 0.717) is 22.1 Å². The molecule has 152 valence electrons. The smallest absolute Gasteiger partial charge is 0.264 e. The number of anilines is 3. The molecule has 2 aromatic carbocycles. The van der Waals surface area contributed by atoms with Crippen molar-refractivity contribution < 1.29 is 12.9 Å². The number of rotatable bonds is 5. The van der Waals surface area contributed by atoms with Gasteiger partial charge in [-0.1, -0.05) is 22.9 Å². The topological polar surface area (TPSA) is 96.3 Å². The lowest BCUT2D eigenvalue weighted by Gasteiger charge is -2.13. The summed E-state index contributed by atoms with van der Waals surface area (Å²) in [5.41, 5.74) is 5.11. The number of thiocarbonyl (C=S) groups is 1. The van der Waals surface area contributed by atoms with Gasteiger partial charge in [0.1, 0.15) is 0 Å². The average Bonchev–Trinajstić information content (AvgIpc) is 2.96. The van der Waals surface area contributed by atoms with Crippen LogP contribution in [0.5, 0.6) is 0 Å². The molecule has 0 saturated heterocycles. The third kappa shape index (κ3) is 4.93. The maximum atomic E-state index is 12.5. The average molecular weight is 431 g/mol. The molecule has 0 spiro atoms. The summed E-state index contributed by atoms with van der Waals surface area (Å²) >= 11 is 5.35. The van der Waals surface area contributed by atoms with Gasteiger partial charge in [0.2, 0.25) is 5.88 Å². The molecule has 0 fully saturated rings. The second kappa shape index (κ2) is 8.22. The molecular weight excluding hydrogens is 408 g/mol. The normalized spacial score (nSPS) is 11.2. The molecule has 9 heteroatoms. The third-order valence-electron chi connectivity index (χ3n) is 4.44. The summed E-state index contributed by atoms with van der Waals surface area (Å²) < 4.78 is 32.5. The molecule has 0 saturated carbocycles. The molecule has 3 rings (SSSR count). The largest absolute Gasteiger partial charge is 0.337 e. The molecule has 0 aliphatic rings. The van der Waals surface area contributed by atoms with Crippen LogP contribution in [0, 0.1) is 27.7 Å². The van der Waals surface area contributed by atoms with Crippen molar-refractivity contribution in [3.63, 3.8) is 0 Å². The minimum Gasteiger partial charge on any atom is -0.337 e. The number of hydrogen-bond acceptors (Lipinski definition) is 5. The van der Waals surface area contributed by atoms with Crippen molar-refractivity contribution in [1.82, 2.24) is 5.16 Å². The fraction of sp³-hybridized carbons (Fsp3) is 0.200. The first-order valence-corrected chi connectivity index (χ1v) is 10.8. The molecule has 0 unspecified atom stereocenters. The van der Waals surface area contributed by atoms with Gasteiger partial charge in [-0.05, 0) is 75.8 Å². The zero-order valence-corrected chi connectivity index (χ0v) is 18.2. The van der Waals surface area contributed by atoms with Crippen LogP contribution in [0.25, 0.3) is 0 Å². The van der Waals surface area contributed by atoms with Gasteiger partial charge in [-0.3, -0.25) is 0 Å². The van der Waals surface area contributed by atoms with Crippen molar-refractivity contribution in [1.29, 1.82) is 0 Å². The SMILES string of the molecule is Cc1ccc(NC(=S)Nc2ccc(S(=O)(=O)Nc3onc(C)c3C)cc2)c(C)c1. The van der Waals surface area contributed by atoms with E-state index in [9.17, 15) is 8.42 Å². The van der Waals surface area contributed by atoms with Crippen LogP contribution in [0.4, 0.5) is 17.3 Å². The van der Waals surface area contributed by atoms with Gasteiger partial charge in [0.25, 0.3) is 10.0 Å². The highest BCUT2D eigenvalue weighted by molar-refractivity contribution is 7.92. The maximum absolute atomic E-state index is 12.5. The van der Waals surface area contributed by atoms with Crippen LogP contribution in [0.2, 0.25) is 0 Å². The Balaban J connectivity index is 1.67. The van der Waals surface area contributed by atoms with Gasteiger partial charge in [-0.2, -0.15) is 0 Å². The summed E-state index contributed by atoms with van der Waals surface area (Å²) in [6.07, 6.45) is 0. The number of hydrogen-bond donors (Lipinski definition) is 3. The van der Waals surface area contributed by atoms with Crippen molar-refractivity contribution in [2.75, 3.05) is 15.4 Å². The summed E-state index contributed by atoms with van der Waals surface area (Å²) in [4.78, 5) is 0.102. The van der Waals surface area contributed by atoms with Crippen molar-refractivity contribution >= 4 is 44.6 Å². The molecule has 0 bridgehead atoms. The second-order valence-electron chi connectivity index (χ2n) is 6.75. The van der Waals surface area contributed by atoms with Crippen LogP contribution in [-0.2, 0) is 10.0 Å². The Morgan fingerprint density at radius 3 is 2.28 bits per heavy atom. The highest BCUT2D eigenvalue weighted by Crippen LogP contribution is 2.23. The van der Waals surface area contributed by atoms with Gasteiger partial charge in [-0.15, -0.1) is 0 Å². The first-order chi connectivity index (χ1) is 13.7. The van der Waals surface area contributed by atoms with Crippen LogP contribution in [0.3, 0.4) is 0 Å². The highest BCUT2D eigenvalue weighted by atomic mass is 32.2. The van der Waals surface area contributed by atoms with Gasteiger partial charge < -0.3 is 15.2 Å². The van der Waals surface area contributed by atoms with E-state index in [-0.39, 0.29) is 10.8 Å². The number of sulfonamides is 1. The number of aromatic nitrogens is 1. The molecule has 0 aliphatic heterocycles. The monoisotopic (exact) mass is 430 g/mol. The molecule has 0 radical (unpaired) electrons. The number of nitrogens with zero attached hydrogens (tertiary/aromatic N) is 1. The molecule has 1 heterocycles. The number of aryl methyl sites for hydroxylation is 3. The van der Waals surface area contributed by atoms with E-state index in [0.717, 1.165) is 11.3 Å². The minimum absolute atomic E-state index is 0.102. The lowest BCUT2D eigenvalue weighted by molar-refractivity contribution is 0.430. The molecular formula is C20H22N4O3S2. The first-order valence-electron chi connectivity index (χ1n) is 8.87. The fourth-order valence-corrected chi connectivity index (χ4v) is 3.92. The highest BCUT2D eigenvalue weighted by Gasteiger charge is 2.19. The third-order valence-corrected chi connectivity index (χ3v) is 5.99. The van der Waals surface area contributed by atoms with Crippen LogP contribution in [0.15, 0.2) is 51.9 Å². The van der Waals surface area contributed by atoms with Crippen molar-refractivity contribution in [3.8, 4) is 0 Å². The summed E-state index contributed by atoms with van der Waals surface area (Å²) in [7, 11) is -3.79. The van der Waals surface area contributed by atoms with Gasteiger partial charge in [-0.25, -0.2) is 13.1 Å². The maximum Gasteiger partial charge on any atom is 0.264 e. The van der Waals surface area contributed by atoms with Gasteiger partial charge in [0, 0.05) is 16.9 Å². The Labute approximate surface area is 175 Å². The summed E-state index contributed by atoms with van der Waals surface area (Å²) in [5.74, 6) is 0.114. The molecule has 1 aromatic heterocycles. The standard InChI is InChI=1S/C20H22N4O3S2/c1-12-5-10-18(13(2)11-12)22-20(28)21-16-6-8-17(9-7-16)29(25,26)24-19-14(3)15(4)23-27-19/h5-11,24H,1-4H3,(H2,21,22,28). The Hall–Kier alpha value is -2.91.